The van der Waals surface area contributed by atoms with Crippen LogP contribution in [0.1, 0.15) is 26.7 Å². The quantitative estimate of drug-likeness (QED) is 0.634. The van der Waals surface area contributed by atoms with Crippen LogP contribution in [0.5, 0.6) is 0 Å². The maximum atomic E-state index is 4.41. The zero-order valence-electron chi connectivity index (χ0n) is 9.00. The number of hydrogen-bond acceptors (Lipinski definition) is 2. The van der Waals surface area contributed by atoms with Crippen molar-refractivity contribution < 1.29 is 0 Å². The molecule has 0 saturated carbocycles. The van der Waals surface area contributed by atoms with Gasteiger partial charge in [0.2, 0.25) is 0 Å². The summed E-state index contributed by atoms with van der Waals surface area (Å²) in [4.78, 5) is 2.55. The van der Waals surface area contributed by atoms with Crippen molar-refractivity contribution in [1.82, 2.24) is 15.3 Å². The van der Waals surface area contributed by atoms with Crippen LogP contribution in [0, 0.1) is 0 Å². The highest BCUT2D eigenvalue weighted by molar-refractivity contribution is 4.68. The van der Waals surface area contributed by atoms with Gasteiger partial charge in [-0.3, -0.25) is 0 Å². The number of rotatable bonds is 5. The Morgan fingerprint density at radius 1 is 1.08 bits per heavy atom. The van der Waals surface area contributed by atoms with Gasteiger partial charge in [0.25, 0.3) is 0 Å². The summed E-state index contributed by atoms with van der Waals surface area (Å²) in [5, 5.41) is 2.21. The topological polar surface area (TPSA) is 20.6 Å². The SMILES string of the molecule is CCCCN1CCN([N]CC)CC1. The third kappa shape index (κ3) is 4.07. The first-order valence-electron chi connectivity index (χ1n) is 5.51. The summed E-state index contributed by atoms with van der Waals surface area (Å²) in [5.41, 5.74) is 4.41. The van der Waals surface area contributed by atoms with E-state index in [1.54, 1.807) is 0 Å². The lowest BCUT2D eigenvalue weighted by atomic mass is 10.3. The Morgan fingerprint density at radius 3 is 2.31 bits per heavy atom. The summed E-state index contributed by atoms with van der Waals surface area (Å²) in [6.07, 6.45) is 2.64. The maximum Gasteiger partial charge on any atom is 0.0278 e. The molecule has 77 valence electrons. The van der Waals surface area contributed by atoms with E-state index in [0.717, 1.165) is 19.6 Å². The van der Waals surface area contributed by atoms with Crippen molar-refractivity contribution in [3.63, 3.8) is 0 Å². The highest BCUT2D eigenvalue weighted by Crippen LogP contribution is 2.01. The molecular weight excluding hydrogens is 162 g/mol. The number of piperazine rings is 1. The Kier molecular flexibility index (Phi) is 5.35. The molecule has 1 aliphatic heterocycles. The van der Waals surface area contributed by atoms with Crippen LogP contribution in [-0.2, 0) is 0 Å². The largest absolute Gasteiger partial charge is 0.301 e. The smallest absolute Gasteiger partial charge is 0.0278 e. The van der Waals surface area contributed by atoms with E-state index in [-0.39, 0.29) is 0 Å². The second-order valence-electron chi connectivity index (χ2n) is 3.61. The summed E-state index contributed by atoms with van der Waals surface area (Å²) in [5.74, 6) is 0. The molecule has 0 aromatic rings. The molecule has 1 fully saturated rings. The van der Waals surface area contributed by atoms with Crippen molar-refractivity contribution in [3.8, 4) is 0 Å². The minimum atomic E-state index is 0.926. The third-order valence-electron chi connectivity index (χ3n) is 2.52. The summed E-state index contributed by atoms with van der Waals surface area (Å²) < 4.78 is 0. The molecule has 13 heavy (non-hydrogen) atoms. The molecule has 0 aromatic heterocycles. The van der Waals surface area contributed by atoms with Crippen LogP contribution in [0.15, 0.2) is 0 Å². The molecule has 1 aliphatic rings. The third-order valence-corrected chi connectivity index (χ3v) is 2.52. The van der Waals surface area contributed by atoms with Gasteiger partial charge in [-0.1, -0.05) is 13.3 Å². The molecule has 3 nitrogen and oxygen atoms in total. The fourth-order valence-electron chi connectivity index (χ4n) is 1.68. The second kappa shape index (κ2) is 6.35. The van der Waals surface area contributed by atoms with Crippen LogP contribution in [0.4, 0.5) is 0 Å². The van der Waals surface area contributed by atoms with E-state index >= 15 is 0 Å². The van der Waals surface area contributed by atoms with Gasteiger partial charge in [0.1, 0.15) is 0 Å². The molecule has 1 rings (SSSR count). The predicted octanol–water partition coefficient (Wildman–Crippen LogP) is 0.943. The van der Waals surface area contributed by atoms with E-state index in [1.165, 1.54) is 32.5 Å². The molecule has 0 aliphatic carbocycles. The molecule has 0 atom stereocenters. The van der Waals surface area contributed by atoms with Gasteiger partial charge < -0.3 is 4.90 Å². The van der Waals surface area contributed by atoms with Gasteiger partial charge in [0, 0.05) is 32.7 Å². The molecule has 1 heterocycles. The fourth-order valence-corrected chi connectivity index (χ4v) is 1.68. The second-order valence-corrected chi connectivity index (χ2v) is 3.61. The van der Waals surface area contributed by atoms with Crippen LogP contribution in [0.2, 0.25) is 0 Å². The van der Waals surface area contributed by atoms with Crippen LogP contribution in [-0.4, -0.2) is 49.2 Å². The van der Waals surface area contributed by atoms with Gasteiger partial charge in [-0.05, 0) is 19.9 Å². The molecule has 0 amide bonds. The summed E-state index contributed by atoms with van der Waals surface area (Å²) in [6, 6.07) is 0. The Hall–Kier alpha value is -0.120. The summed E-state index contributed by atoms with van der Waals surface area (Å²) >= 11 is 0. The van der Waals surface area contributed by atoms with E-state index in [9.17, 15) is 0 Å². The normalized spacial score (nSPS) is 20.8. The van der Waals surface area contributed by atoms with Crippen molar-refractivity contribution in [2.45, 2.75) is 26.7 Å². The zero-order valence-corrected chi connectivity index (χ0v) is 9.00. The van der Waals surface area contributed by atoms with Gasteiger partial charge in [0.05, 0.1) is 0 Å². The zero-order chi connectivity index (χ0) is 9.52. The van der Waals surface area contributed by atoms with E-state index < -0.39 is 0 Å². The van der Waals surface area contributed by atoms with Crippen LogP contribution < -0.4 is 5.43 Å². The Bertz CT molecular complexity index is 119. The molecular formula is C10H22N3. The van der Waals surface area contributed by atoms with Crippen LogP contribution in [0.25, 0.3) is 0 Å². The first-order chi connectivity index (χ1) is 6.36. The van der Waals surface area contributed by atoms with E-state index in [4.69, 9.17) is 0 Å². The lowest BCUT2D eigenvalue weighted by Gasteiger charge is -2.33. The Morgan fingerprint density at radius 2 is 1.77 bits per heavy atom. The van der Waals surface area contributed by atoms with Gasteiger partial charge in [-0.25, -0.2) is 5.01 Å². The van der Waals surface area contributed by atoms with E-state index in [0.29, 0.717) is 0 Å². The standard InChI is InChI=1S/C10H22N3/c1-3-5-6-12-7-9-13(10-8-12)11-4-2/h3-10H2,1-2H3. The average molecular weight is 184 g/mol. The first kappa shape index (κ1) is 11.0. The van der Waals surface area contributed by atoms with Crippen molar-refractivity contribution in [2.24, 2.45) is 0 Å². The highest BCUT2D eigenvalue weighted by atomic mass is 15.5. The first-order valence-corrected chi connectivity index (χ1v) is 5.51. The monoisotopic (exact) mass is 184 g/mol. The van der Waals surface area contributed by atoms with Crippen molar-refractivity contribution in [1.29, 1.82) is 0 Å². The predicted molar refractivity (Wildman–Crippen MR) is 55.6 cm³/mol. The lowest BCUT2D eigenvalue weighted by molar-refractivity contribution is 0.0868. The maximum absolute atomic E-state index is 4.41. The average Bonchev–Trinajstić information content (AvgIpc) is 2.17. The van der Waals surface area contributed by atoms with Crippen molar-refractivity contribution in [2.75, 3.05) is 39.3 Å². The van der Waals surface area contributed by atoms with Crippen molar-refractivity contribution >= 4 is 0 Å². The molecule has 1 saturated heterocycles. The highest BCUT2D eigenvalue weighted by Gasteiger charge is 2.15. The summed E-state index contributed by atoms with van der Waals surface area (Å²) in [7, 11) is 0. The number of unbranched alkanes of at least 4 members (excludes halogenated alkanes) is 1. The lowest BCUT2D eigenvalue weighted by Crippen LogP contribution is -2.49. The van der Waals surface area contributed by atoms with E-state index in [1.807, 2.05) is 0 Å². The van der Waals surface area contributed by atoms with Crippen LogP contribution in [0.3, 0.4) is 0 Å². The molecule has 0 unspecified atom stereocenters. The van der Waals surface area contributed by atoms with Gasteiger partial charge >= 0.3 is 0 Å². The molecule has 0 bridgehead atoms. The molecule has 0 aromatic carbocycles. The minimum Gasteiger partial charge on any atom is -0.301 e. The number of nitrogens with zero attached hydrogens (tertiary/aromatic N) is 3. The van der Waals surface area contributed by atoms with Gasteiger partial charge in [0.15, 0.2) is 0 Å². The minimum absolute atomic E-state index is 0.926. The molecule has 3 heteroatoms. The fraction of sp³-hybridized carbons (Fsp3) is 1.00. The Labute approximate surface area is 82.1 Å². The molecule has 1 radical (unpaired) electrons. The van der Waals surface area contributed by atoms with Gasteiger partial charge in [-0.2, -0.15) is 5.43 Å². The van der Waals surface area contributed by atoms with Crippen molar-refractivity contribution in [3.05, 3.63) is 0 Å². The van der Waals surface area contributed by atoms with Gasteiger partial charge in [-0.15, -0.1) is 0 Å². The number of hydrogen-bond donors (Lipinski definition) is 0. The van der Waals surface area contributed by atoms with Crippen LogP contribution >= 0.6 is 0 Å². The Balaban J connectivity index is 2.08. The summed E-state index contributed by atoms with van der Waals surface area (Å²) in [6.45, 7) is 11.2. The molecule has 0 spiro atoms. The molecule has 0 N–H and O–H groups in total. The van der Waals surface area contributed by atoms with E-state index in [2.05, 4.69) is 29.2 Å².